The van der Waals surface area contributed by atoms with Gasteiger partial charge in [-0.1, -0.05) is 52.7 Å². The first-order chi connectivity index (χ1) is 26.7. The Labute approximate surface area is 340 Å². The molecule has 3 aliphatic heterocycles. The predicted octanol–water partition coefficient (Wildman–Crippen LogP) is 9.24. The van der Waals surface area contributed by atoms with Crippen molar-refractivity contribution in [1.29, 1.82) is 0 Å². The summed E-state index contributed by atoms with van der Waals surface area (Å²) < 4.78 is 25.1. The van der Waals surface area contributed by atoms with Gasteiger partial charge in [-0.05, 0) is 115 Å². The van der Waals surface area contributed by atoms with E-state index < -0.39 is 42.9 Å². The van der Waals surface area contributed by atoms with Gasteiger partial charge in [-0.2, -0.15) is 0 Å². The van der Waals surface area contributed by atoms with Gasteiger partial charge in [0.25, 0.3) is 0 Å². The fourth-order valence-corrected chi connectivity index (χ4v) is 9.85. The van der Waals surface area contributed by atoms with Crippen LogP contribution in [-0.4, -0.2) is 72.2 Å². The summed E-state index contributed by atoms with van der Waals surface area (Å²) in [4.78, 5) is 63.2. The van der Waals surface area contributed by atoms with Crippen molar-refractivity contribution in [2.45, 2.75) is 168 Å². The molecule has 1 saturated carbocycles. The summed E-state index contributed by atoms with van der Waals surface area (Å²) in [5.74, 6) is -0.346. The van der Waals surface area contributed by atoms with Crippen LogP contribution in [0.15, 0.2) is 30.4 Å². The molecule has 6 rings (SSSR count). The first-order valence-corrected chi connectivity index (χ1v) is 24.3. The monoisotopic (exact) mass is 802 g/mol. The third kappa shape index (κ3) is 9.13. The second kappa shape index (κ2) is 16.1. The number of allylic oxidation sites excluding steroid dienone is 2. The molecule has 1 aromatic heterocycles. The van der Waals surface area contributed by atoms with Gasteiger partial charge < -0.3 is 23.5 Å². The molecule has 1 aliphatic carbocycles. The topological polar surface area (TPSA) is 121 Å². The van der Waals surface area contributed by atoms with Gasteiger partial charge in [0.2, 0.25) is 14.2 Å². The van der Waals surface area contributed by atoms with Gasteiger partial charge in [0.05, 0.1) is 42.2 Å². The Morgan fingerprint density at radius 3 is 2.47 bits per heavy atom. The summed E-state index contributed by atoms with van der Waals surface area (Å²) in [6, 6.07) is 5.34. The Balaban J connectivity index is 1.37. The number of ether oxygens (including phenoxy) is 3. The summed E-state index contributed by atoms with van der Waals surface area (Å²) >= 11 is 0. The molecule has 1 aromatic carbocycles. The molecule has 1 amide bonds. The van der Waals surface area contributed by atoms with Crippen LogP contribution in [0.2, 0.25) is 18.1 Å². The van der Waals surface area contributed by atoms with Crippen LogP contribution < -0.4 is 9.16 Å². The highest BCUT2D eigenvalue weighted by molar-refractivity contribution is 6.74. The van der Waals surface area contributed by atoms with E-state index >= 15 is 0 Å². The van der Waals surface area contributed by atoms with Crippen LogP contribution in [0, 0.1) is 17.3 Å². The number of carbonyl (C=O) groups excluding carboxylic acids is 4. The number of amides is 1. The zero-order valence-corrected chi connectivity index (χ0v) is 37.2. The molecule has 57 heavy (non-hydrogen) atoms. The number of pyridine rings is 1. The first-order valence-electron chi connectivity index (χ1n) is 21.4. The lowest BCUT2D eigenvalue weighted by Crippen LogP contribution is -2.47. The number of hydrogen-bond acceptors (Lipinski definition) is 9. The zero-order chi connectivity index (χ0) is 41.6. The third-order valence-electron chi connectivity index (χ3n) is 13.1. The largest absolute Gasteiger partial charge is 0.543 e. The van der Waals surface area contributed by atoms with E-state index in [4.69, 9.17) is 23.6 Å². The smallest absolute Gasteiger partial charge is 0.313 e. The molecule has 1 saturated heterocycles. The van der Waals surface area contributed by atoms with Crippen LogP contribution in [-0.2, 0) is 41.5 Å². The average Bonchev–Trinajstić information content (AvgIpc) is 3.69. The van der Waals surface area contributed by atoms with Crippen LogP contribution in [0.5, 0.6) is 11.5 Å². The third-order valence-corrected chi connectivity index (χ3v) is 17.4. The molecule has 0 N–H and O–H groups in total. The molecule has 1 spiro atoms. The van der Waals surface area contributed by atoms with Crippen LogP contribution >= 0.6 is 0 Å². The molecule has 2 fully saturated rings. The first kappa shape index (κ1) is 42.9. The second-order valence-corrected chi connectivity index (χ2v) is 24.3. The van der Waals surface area contributed by atoms with E-state index in [1.165, 1.54) is 0 Å². The second-order valence-electron chi connectivity index (χ2n) is 19.6. The number of nitrogens with zero attached hydrogens (tertiary/aromatic N) is 2. The lowest BCUT2D eigenvalue weighted by Gasteiger charge is -2.37. The van der Waals surface area contributed by atoms with Crippen molar-refractivity contribution >= 4 is 42.8 Å². The quantitative estimate of drug-likeness (QED) is 0.153. The standard InChI is InChI=1S/C46H66N2O8Si/c1-11-35-40-33(34-25-32(20-21-36(34)47-35)56-57(9,10)44(6,7)8)22-23-45(55-40)27-37-38(49)28-46(42(52)53-12-2)26-31(46)19-17-15-13-14-16-18-30(41(51)48(37)29-45)24-39(50)54-43(3,4)5/h17,19-21,25,30-31,37H,11-16,18,22-24,26-29H2,1-10H3/b19-17-/t30-,31-,37+,45-,46-/m1/s1. The summed E-state index contributed by atoms with van der Waals surface area (Å²) in [6.07, 6.45) is 10.8. The summed E-state index contributed by atoms with van der Waals surface area (Å²) in [7, 11) is -2.10. The number of hydrogen-bond donors (Lipinski definition) is 0. The van der Waals surface area contributed by atoms with Gasteiger partial charge in [-0.3, -0.25) is 19.2 Å². The van der Waals surface area contributed by atoms with E-state index in [2.05, 4.69) is 59.0 Å². The molecule has 312 valence electrons. The molecule has 4 aliphatic rings. The van der Waals surface area contributed by atoms with Crippen molar-refractivity contribution in [3.05, 3.63) is 41.6 Å². The number of ketones is 1. The van der Waals surface area contributed by atoms with Crippen LogP contribution in [0.4, 0.5) is 0 Å². The number of Topliss-reactive ketones (excluding diaryl/α,β-unsaturated/α-hetero) is 1. The van der Waals surface area contributed by atoms with E-state index in [1.807, 2.05) is 32.9 Å². The van der Waals surface area contributed by atoms with Gasteiger partial charge in [0.1, 0.15) is 22.7 Å². The molecule has 2 aromatic rings. The number of aryl methyl sites for hydroxylation is 2. The predicted molar refractivity (Wildman–Crippen MR) is 224 cm³/mol. The van der Waals surface area contributed by atoms with Gasteiger partial charge in [0.15, 0.2) is 5.78 Å². The average molecular weight is 803 g/mol. The zero-order valence-electron chi connectivity index (χ0n) is 36.2. The number of fused-ring (bicyclic) bond motifs is 5. The lowest BCUT2D eigenvalue weighted by atomic mass is 9.85. The molecule has 0 unspecified atom stereocenters. The van der Waals surface area contributed by atoms with Crippen molar-refractivity contribution in [3.8, 4) is 11.5 Å². The van der Waals surface area contributed by atoms with Crippen molar-refractivity contribution in [1.82, 2.24) is 9.88 Å². The van der Waals surface area contributed by atoms with E-state index in [1.54, 1.807) is 11.8 Å². The molecule has 5 atom stereocenters. The number of benzene rings is 1. The fraction of sp³-hybridized carbons (Fsp3) is 0.674. The van der Waals surface area contributed by atoms with Crippen molar-refractivity contribution in [2.75, 3.05) is 13.2 Å². The minimum atomic E-state index is -2.10. The van der Waals surface area contributed by atoms with Gasteiger partial charge in [-0.15, -0.1) is 0 Å². The van der Waals surface area contributed by atoms with Crippen LogP contribution in [0.1, 0.15) is 131 Å². The van der Waals surface area contributed by atoms with E-state index in [0.29, 0.717) is 38.5 Å². The summed E-state index contributed by atoms with van der Waals surface area (Å²) in [5, 5.41) is 1.03. The Bertz CT molecular complexity index is 1910. The maximum atomic E-state index is 14.9. The SMILES string of the molecule is CCOC(=O)[C@]12CC(=O)[C@@H]3C[C@]4(CCc5c(c(CC)nc6ccc(O[Si](C)(C)C(C)(C)C)cc56)O4)CN3C(=O)[C@@H](CC(=O)OC(C)(C)C)CCCCC/C=C\[C@@H]1C2. The molecule has 0 bridgehead atoms. The van der Waals surface area contributed by atoms with Crippen molar-refractivity contribution < 1.29 is 37.8 Å². The minimum Gasteiger partial charge on any atom is -0.543 e. The van der Waals surface area contributed by atoms with E-state index in [9.17, 15) is 19.2 Å². The molecule has 10 nitrogen and oxygen atoms in total. The normalized spacial score (nSPS) is 27.7. The summed E-state index contributed by atoms with van der Waals surface area (Å²) in [6.45, 7) is 20.9. The van der Waals surface area contributed by atoms with E-state index in [-0.39, 0.29) is 54.6 Å². The molecule has 0 radical (unpaired) electrons. The maximum absolute atomic E-state index is 14.9. The highest BCUT2D eigenvalue weighted by Gasteiger charge is 2.62. The van der Waals surface area contributed by atoms with E-state index in [0.717, 1.165) is 59.3 Å². The number of esters is 2. The lowest BCUT2D eigenvalue weighted by molar-refractivity contribution is -0.159. The Hall–Kier alpha value is -3.73. The Morgan fingerprint density at radius 2 is 1.79 bits per heavy atom. The Kier molecular flexibility index (Phi) is 12.1. The van der Waals surface area contributed by atoms with Gasteiger partial charge >= 0.3 is 11.9 Å². The minimum absolute atomic E-state index is 0.0118. The highest BCUT2D eigenvalue weighted by atomic mass is 28.4. The van der Waals surface area contributed by atoms with Crippen molar-refractivity contribution in [2.24, 2.45) is 17.3 Å². The fourth-order valence-electron chi connectivity index (χ4n) is 8.83. The maximum Gasteiger partial charge on any atom is 0.313 e. The number of aromatic nitrogens is 1. The highest BCUT2D eigenvalue weighted by Crippen LogP contribution is 2.58. The summed E-state index contributed by atoms with van der Waals surface area (Å²) in [5.41, 5.74) is 0.321. The van der Waals surface area contributed by atoms with Crippen LogP contribution in [0.25, 0.3) is 10.9 Å². The number of carbonyl (C=O) groups is 4. The van der Waals surface area contributed by atoms with Gasteiger partial charge in [-0.25, -0.2) is 4.98 Å². The van der Waals surface area contributed by atoms with Gasteiger partial charge in [0, 0.05) is 29.7 Å². The van der Waals surface area contributed by atoms with Crippen LogP contribution in [0.3, 0.4) is 0 Å². The van der Waals surface area contributed by atoms with Crippen molar-refractivity contribution in [3.63, 3.8) is 0 Å². The molecule has 11 heteroatoms. The number of rotatable bonds is 7. The Morgan fingerprint density at radius 1 is 1.04 bits per heavy atom. The molecular formula is C46H66N2O8Si. The molecule has 4 heterocycles. The molecular weight excluding hydrogens is 737 g/mol.